The van der Waals surface area contributed by atoms with Crippen molar-refractivity contribution in [2.24, 2.45) is 0 Å². The van der Waals surface area contributed by atoms with Crippen LogP contribution < -0.4 is 10.6 Å². The summed E-state index contributed by atoms with van der Waals surface area (Å²) in [5.41, 5.74) is 0. The third kappa shape index (κ3) is 4.94. The Morgan fingerprint density at radius 3 is 2.80 bits per heavy atom. The molecule has 1 aromatic heterocycles. The monoisotopic (exact) mass is 279 g/mol. The highest BCUT2D eigenvalue weighted by molar-refractivity contribution is 5.42. The third-order valence-electron chi connectivity index (χ3n) is 3.22. The number of nitrogens with zero attached hydrogens (tertiary/aromatic N) is 3. The van der Waals surface area contributed by atoms with E-state index in [1.165, 1.54) is 0 Å². The van der Waals surface area contributed by atoms with Gasteiger partial charge in [-0.2, -0.15) is 0 Å². The van der Waals surface area contributed by atoms with Crippen molar-refractivity contribution in [1.29, 1.82) is 0 Å². The third-order valence-corrected chi connectivity index (χ3v) is 3.22. The van der Waals surface area contributed by atoms with Crippen LogP contribution in [0.2, 0.25) is 0 Å². The van der Waals surface area contributed by atoms with E-state index in [0.29, 0.717) is 6.04 Å². The number of nitrogens with one attached hydrogen (secondary N) is 2. The summed E-state index contributed by atoms with van der Waals surface area (Å²) in [6.07, 6.45) is 4.60. The smallest absolute Gasteiger partial charge is 0.147 e. The summed E-state index contributed by atoms with van der Waals surface area (Å²) in [6.45, 7) is 9.91. The topological polar surface area (TPSA) is 62.3 Å². The minimum atomic E-state index is 0.337. The first kappa shape index (κ1) is 15.0. The fraction of sp³-hybridized carbons (Fsp3) is 0.714. The minimum absolute atomic E-state index is 0.337. The molecule has 0 bridgehead atoms. The van der Waals surface area contributed by atoms with Crippen molar-refractivity contribution < 1.29 is 4.74 Å². The van der Waals surface area contributed by atoms with Gasteiger partial charge in [-0.15, -0.1) is 0 Å². The lowest BCUT2D eigenvalue weighted by atomic mass is 10.3. The lowest BCUT2D eigenvalue weighted by molar-refractivity contribution is 0.0368. The van der Waals surface area contributed by atoms with Crippen LogP contribution in [0.5, 0.6) is 0 Å². The van der Waals surface area contributed by atoms with Crippen LogP contribution in [-0.4, -0.2) is 60.3 Å². The molecule has 1 unspecified atom stereocenters. The zero-order valence-electron chi connectivity index (χ0n) is 12.4. The molecule has 0 aliphatic carbocycles. The second kappa shape index (κ2) is 8.01. The van der Waals surface area contributed by atoms with Crippen LogP contribution in [0.4, 0.5) is 11.6 Å². The molecule has 0 radical (unpaired) electrons. The highest BCUT2D eigenvalue weighted by Gasteiger charge is 2.13. The minimum Gasteiger partial charge on any atom is -0.379 e. The second-order valence-corrected chi connectivity index (χ2v) is 5.17. The van der Waals surface area contributed by atoms with Gasteiger partial charge in [0.2, 0.25) is 0 Å². The molecular formula is C14H25N5O. The molecular weight excluding hydrogens is 254 g/mol. The predicted octanol–water partition coefficient (Wildman–Crippen LogP) is 1.43. The van der Waals surface area contributed by atoms with Gasteiger partial charge in [-0.3, -0.25) is 9.88 Å². The van der Waals surface area contributed by atoms with Crippen LogP contribution in [0.3, 0.4) is 0 Å². The molecule has 0 amide bonds. The largest absolute Gasteiger partial charge is 0.379 e. The van der Waals surface area contributed by atoms with Gasteiger partial charge in [0.25, 0.3) is 0 Å². The highest BCUT2D eigenvalue weighted by atomic mass is 16.5. The van der Waals surface area contributed by atoms with Gasteiger partial charge in [0, 0.05) is 32.2 Å². The van der Waals surface area contributed by atoms with Crippen LogP contribution in [0.15, 0.2) is 12.4 Å². The van der Waals surface area contributed by atoms with Crippen LogP contribution >= 0.6 is 0 Å². The maximum Gasteiger partial charge on any atom is 0.147 e. The van der Waals surface area contributed by atoms with Crippen molar-refractivity contribution in [3.05, 3.63) is 12.4 Å². The molecule has 0 saturated carbocycles. The Kier molecular flexibility index (Phi) is 6.01. The quantitative estimate of drug-likeness (QED) is 0.787. The summed E-state index contributed by atoms with van der Waals surface area (Å²) in [4.78, 5) is 11.1. The normalized spacial score (nSPS) is 17.7. The molecule has 1 saturated heterocycles. The summed E-state index contributed by atoms with van der Waals surface area (Å²) < 4.78 is 5.36. The second-order valence-electron chi connectivity index (χ2n) is 5.17. The van der Waals surface area contributed by atoms with Crippen LogP contribution in [-0.2, 0) is 4.74 Å². The van der Waals surface area contributed by atoms with Crippen LogP contribution in [0, 0.1) is 0 Å². The molecule has 0 aromatic carbocycles. The van der Waals surface area contributed by atoms with Crippen molar-refractivity contribution in [2.45, 2.75) is 26.3 Å². The Morgan fingerprint density at radius 1 is 1.30 bits per heavy atom. The van der Waals surface area contributed by atoms with E-state index in [4.69, 9.17) is 4.74 Å². The summed E-state index contributed by atoms with van der Waals surface area (Å²) in [5.74, 6) is 1.65. The van der Waals surface area contributed by atoms with Gasteiger partial charge < -0.3 is 15.4 Å². The number of hydrogen-bond donors (Lipinski definition) is 2. The number of morpholine rings is 1. The van der Waals surface area contributed by atoms with Gasteiger partial charge >= 0.3 is 0 Å². The summed E-state index contributed by atoms with van der Waals surface area (Å²) in [6, 6.07) is 0.337. The Bertz CT molecular complexity index is 395. The fourth-order valence-corrected chi connectivity index (χ4v) is 2.24. The lowest BCUT2D eigenvalue weighted by Gasteiger charge is -2.29. The van der Waals surface area contributed by atoms with Gasteiger partial charge in [-0.25, -0.2) is 4.98 Å². The molecule has 2 heterocycles. The van der Waals surface area contributed by atoms with E-state index in [1.807, 2.05) is 0 Å². The van der Waals surface area contributed by atoms with E-state index < -0.39 is 0 Å². The molecule has 112 valence electrons. The Morgan fingerprint density at radius 2 is 2.05 bits per heavy atom. The molecule has 20 heavy (non-hydrogen) atoms. The van der Waals surface area contributed by atoms with Crippen LogP contribution in [0.25, 0.3) is 0 Å². The molecule has 6 heteroatoms. The predicted molar refractivity (Wildman–Crippen MR) is 81.2 cm³/mol. The van der Waals surface area contributed by atoms with Crippen molar-refractivity contribution in [3.8, 4) is 0 Å². The lowest BCUT2D eigenvalue weighted by Crippen LogP contribution is -2.42. The van der Waals surface area contributed by atoms with E-state index in [1.54, 1.807) is 12.4 Å². The molecule has 1 atom stereocenters. The number of hydrogen-bond acceptors (Lipinski definition) is 6. The Labute approximate surface area is 120 Å². The Balaban J connectivity index is 1.81. The fourth-order valence-electron chi connectivity index (χ4n) is 2.24. The van der Waals surface area contributed by atoms with E-state index in [-0.39, 0.29) is 0 Å². The van der Waals surface area contributed by atoms with Gasteiger partial charge in [0.15, 0.2) is 0 Å². The van der Waals surface area contributed by atoms with Crippen molar-refractivity contribution in [3.63, 3.8) is 0 Å². The van der Waals surface area contributed by atoms with Crippen LogP contribution in [0.1, 0.15) is 20.3 Å². The van der Waals surface area contributed by atoms with E-state index in [9.17, 15) is 0 Å². The zero-order valence-corrected chi connectivity index (χ0v) is 12.4. The van der Waals surface area contributed by atoms with Crippen molar-refractivity contribution in [1.82, 2.24) is 14.9 Å². The molecule has 2 N–H and O–H groups in total. The zero-order chi connectivity index (χ0) is 14.2. The standard InChI is InChI=1S/C14H25N5O/c1-3-4-16-13-9-15-10-14(18-13)17-12(2)11-19-5-7-20-8-6-19/h9-10,12H,3-8,11H2,1-2H3,(H2,16,17,18). The SMILES string of the molecule is CCCNc1cncc(NC(C)CN2CCOCC2)n1. The first-order valence-electron chi connectivity index (χ1n) is 7.40. The van der Waals surface area contributed by atoms with Gasteiger partial charge in [0.1, 0.15) is 11.6 Å². The molecule has 2 rings (SSSR count). The first-order valence-corrected chi connectivity index (χ1v) is 7.40. The van der Waals surface area contributed by atoms with Gasteiger partial charge in [0.05, 0.1) is 25.6 Å². The molecule has 1 fully saturated rings. The summed E-state index contributed by atoms with van der Waals surface area (Å²) in [7, 11) is 0. The number of aromatic nitrogens is 2. The highest BCUT2D eigenvalue weighted by Crippen LogP contribution is 2.09. The maximum absolute atomic E-state index is 5.36. The van der Waals surface area contributed by atoms with Crippen molar-refractivity contribution in [2.75, 3.05) is 50.0 Å². The summed E-state index contributed by atoms with van der Waals surface area (Å²) >= 11 is 0. The molecule has 6 nitrogen and oxygen atoms in total. The molecule has 1 aliphatic heterocycles. The average molecular weight is 279 g/mol. The Hall–Kier alpha value is -1.40. The van der Waals surface area contributed by atoms with E-state index in [2.05, 4.69) is 39.3 Å². The van der Waals surface area contributed by atoms with Gasteiger partial charge in [-0.1, -0.05) is 6.92 Å². The van der Waals surface area contributed by atoms with Crippen molar-refractivity contribution >= 4 is 11.6 Å². The first-order chi connectivity index (χ1) is 9.78. The van der Waals surface area contributed by atoms with E-state index in [0.717, 1.165) is 57.4 Å². The number of anilines is 2. The average Bonchev–Trinajstić information content (AvgIpc) is 2.46. The van der Waals surface area contributed by atoms with E-state index >= 15 is 0 Å². The number of rotatable bonds is 7. The summed E-state index contributed by atoms with van der Waals surface area (Å²) in [5, 5.41) is 6.66. The number of ether oxygens (including phenoxy) is 1. The molecule has 1 aliphatic rings. The molecule has 0 spiro atoms. The van der Waals surface area contributed by atoms with Gasteiger partial charge in [-0.05, 0) is 13.3 Å². The maximum atomic E-state index is 5.36. The molecule has 1 aromatic rings.